The van der Waals surface area contributed by atoms with E-state index >= 15 is 0 Å². The van der Waals surface area contributed by atoms with Crippen molar-refractivity contribution in [1.82, 2.24) is 0 Å². The van der Waals surface area contributed by atoms with Gasteiger partial charge in [0.15, 0.2) is 11.9 Å². The average molecular weight is 823 g/mol. The van der Waals surface area contributed by atoms with Gasteiger partial charge >= 0.3 is 11.9 Å². The van der Waals surface area contributed by atoms with Gasteiger partial charge in [-0.1, -0.05) is 100 Å². The maximum Gasteiger partial charge on any atom is 0.331 e. The molecule has 5 N–H and O–H groups in total. The number of carbonyl (C=O) groups is 3. The maximum atomic E-state index is 13.1. The Morgan fingerprint density at radius 2 is 1.51 bits per heavy atom. The van der Waals surface area contributed by atoms with Gasteiger partial charge in [-0.25, -0.2) is 4.79 Å². The van der Waals surface area contributed by atoms with E-state index in [0.29, 0.717) is 32.1 Å². The van der Waals surface area contributed by atoms with E-state index in [1.54, 1.807) is 30.4 Å². The van der Waals surface area contributed by atoms with Crippen LogP contribution in [0.5, 0.6) is 0 Å². The summed E-state index contributed by atoms with van der Waals surface area (Å²) in [6, 6.07) is 0. The SMILES string of the molecule is CC(=CC(C)CCCCC(=O)O)C1OC2C=CC1OC(=O)/C=C/C=CC=CC(=O)C1CC(O)C(C)C(C=CCC3OC(CC(O)C3C)C(O)C(O)C=CCCC=CC2)O1. The number of hydrogen-bond donors (Lipinski definition) is 5. The Morgan fingerprint density at radius 3 is 2.27 bits per heavy atom. The van der Waals surface area contributed by atoms with Crippen LogP contribution >= 0.6 is 0 Å². The van der Waals surface area contributed by atoms with E-state index in [4.69, 9.17) is 24.1 Å². The van der Waals surface area contributed by atoms with E-state index in [1.807, 2.05) is 57.2 Å². The van der Waals surface area contributed by atoms with Gasteiger partial charge in [0, 0.05) is 37.2 Å². The van der Waals surface area contributed by atoms with Crippen LogP contribution in [0.25, 0.3) is 0 Å². The monoisotopic (exact) mass is 822 g/mol. The van der Waals surface area contributed by atoms with Crippen molar-refractivity contribution in [3.8, 4) is 0 Å². The Bertz CT molecular complexity index is 1600. The molecule has 5 rings (SSSR count). The summed E-state index contributed by atoms with van der Waals surface area (Å²) in [7, 11) is 0. The molecule has 6 bridgehead atoms. The third-order valence-corrected chi connectivity index (χ3v) is 11.5. The molecule has 0 spiro atoms. The Balaban J connectivity index is 1.50. The zero-order valence-electron chi connectivity index (χ0n) is 34.9. The number of rotatable bonds is 7. The summed E-state index contributed by atoms with van der Waals surface area (Å²) in [4.78, 5) is 36.9. The average Bonchev–Trinajstić information content (AvgIpc) is 3.19. The van der Waals surface area contributed by atoms with Crippen molar-refractivity contribution in [3.63, 3.8) is 0 Å². The second-order valence-electron chi connectivity index (χ2n) is 16.4. The number of carboxylic acids is 1. The lowest BCUT2D eigenvalue weighted by molar-refractivity contribution is -0.175. The highest BCUT2D eigenvalue weighted by molar-refractivity contribution is 5.94. The minimum absolute atomic E-state index is 0.136. The maximum absolute atomic E-state index is 13.1. The van der Waals surface area contributed by atoms with Crippen LogP contribution in [0.1, 0.15) is 91.9 Å². The number of allylic oxidation sites excluding steroid dienone is 7. The summed E-state index contributed by atoms with van der Waals surface area (Å²) in [5.41, 5.74) is 0.905. The van der Waals surface area contributed by atoms with Crippen LogP contribution in [0.3, 0.4) is 0 Å². The van der Waals surface area contributed by atoms with Gasteiger partial charge in [-0.15, -0.1) is 0 Å². The Kier molecular flexibility index (Phi) is 19.9. The van der Waals surface area contributed by atoms with E-state index in [2.05, 4.69) is 13.0 Å². The smallest absolute Gasteiger partial charge is 0.331 e. The predicted octanol–water partition coefficient (Wildman–Crippen LogP) is 5.96. The molecular weight excluding hydrogens is 757 g/mol. The number of esters is 1. The summed E-state index contributed by atoms with van der Waals surface area (Å²) >= 11 is 0. The lowest BCUT2D eigenvalue weighted by atomic mass is 9.85. The standard InChI is InChI=1S/C47H66O12/c1-30(17-14-15-23-44(52)53)27-31(2)47-41-26-25-34(56-47)18-10-6-5-7-12-20-36(49)46(55)43-29-38(51)33(4)40(58-43)22-16-21-39-32(3)37(50)28-42(57-39)35(48)19-11-8-9-13-24-45(54)59-41/h6,8-13,16,19-21,24-27,30,32-34,36-43,46-47,49-51,55H,5,7,14-15,17-18,22-23,28-29H2,1-4H3,(H,52,53)/b9-8?,10-6?,19-11?,20-12?,21-16?,24-13+,31-27?. The molecule has 0 aliphatic carbocycles. The Morgan fingerprint density at radius 1 is 0.780 bits per heavy atom. The number of aliphatic carboxylic acids is 1. The number of ether oxygens (including phenoxy) is 4. The molecule has 59 heavy (non-hydrogen) atoms. The fourth-order valence-electron chi connectivity index (χ4n) is 7.79. The number of fused-ring (bicyclic) bond motifs is 13. The van der Waals surface area contributed by atoms with Gasteiger partial charge in [-0.2, -0.15) is 0 Å². The number of carbonyl (C=O) groups excluding carboxylic acids is 2. The molecule has 0 saturated carbocycles. The van der Waals surface area contributed by atoms with Crippen molar-refractivity contribution in [2.75, 3.05) is 0 Å². The minimum Gasteiger partial charge on any atom is -0.481 e. The molecule has 0 aromatic rings. The van der Waals surface area contributed by atoms with Gasteiger partial charge < -0.3 is 44.5 Å². The third kappa shape index (κ3) is 15.7. The minimum atomic E-state index is -1.24. The number of carboxylic acid groups (broad SMARTS) is 1. The molecule has 0 amide bonds. The second-order valence-corrected chi connectivity index (χ2v) is 16.4. The first-order chi connectivity index (χ1) is 28.2. The molecule has 0 aromatic carbocycles. The lowest BCUT2D eigenvalue weighted by Crippen LogP contribution is -2.50. The lowest BCUT2D eigenvalue weighted by Gasteiger charge is -2.40. The zero-order valence-corrected chi connectivity index (χ0v) is 34.9. The molecule has 5 aliphatic rings. The van der Waals surface area contributed by atoms with Gasteiger partial charge in [-0.05, 0) is 69.1 Å². The van der Waals surface area contributed by atoms with Crippen LogP contribution in [0.2, 0.25) is 0 Å². The molecule has 5 aliphatic heterocycles. The van der Waals surface area contributed by atoms with Crippen LogP contribution in [-0.2, 0) is 33.3 Å². The van der Waals surface area contributed by atoms with Crippen molar-refractivity contribution in [3.05, 3.63) is 96.7 Å². The first kappa shape index (κ1) is 47.9. The van der Waals surface area contributed by atoms with E-state index in [1.165, 1.54) is 18.2 Å². The molecule has 5 heterocycles. The van der Waals surface area contributed by atoms with Gasteiger partial charge in [0.25, 0.3) is 0 Å². The van der Waals surface area contributed by atoms with Crippen molar-refractivity contribution >= 4 is 17.7 Å². The van der Waals surface area contributed by atoms with Crippen molar-refractivity contribution < 1.29 is 58.9 Å². The highest BCUT2D eigenvalue weighted by Gasteiger charge is 2.40. The molecule has 12 nitrogen and oxygen atoms in total. The predicted molar refractivity (Wildman–Crippen MR) is 224 cm³/mol. The first-order valence-corrected chi connectivity index (χ1v) is 21.2. The van der Waals surface area contributed by atoms with Gasteiger partial charge in [0.1, 0.15) is 24.4 Å². The molecule has 14 atom stereocenters. The van der Waals surface area contributed by atoms with E-state index in [0.717, 1.165) is 18.4 Å². The van der Waals surface area contributed by atoms with Crippen LogP contribution in [0, 0.1) is 17.8 Å². The summed E-state index contributed by atoms with van der Waals surface area (Å²) in [6.07, 6.45) is 22.7. The summed E-state index contributed by atoms with van der Waals surface area (Å²) in [5.74, 6) is -2.03. The molecule has 2 fully saturated rings. The van der Waals surface area contributed by atoms with E-state index in [9.17, 15) is 34.8 Å². The fraction of sp³-hybridized carbons (Fsp3) is 0.596. The van der Waals surface area contributed by atoms with E-state index in [-0.39, 0.29) is 48.9 Å². The van der Waals surface area contributed by atoms with Crippen LogP contribution < -0.4 is 0 Å². The normalized spacial score (nSPS) is 36.7. The van der Waals surface area contributed by atoms with Crippen molar-refractivity contribution in [2.24, 2.45) is 17.8 Å². The van der Waals surface area contributed by atoms with Crippen LogP contribution in [0.15, 0.2) is 96.7 Å². The zero-order chi connectivity index (χ0) is 42.9. The quantitative estimate of drug-likeness (QED) is 0.115. The van der Waals surface area contributed by atoms with Gasteiger partial charge in [-0.3, -0.25) is 9.59 Å². The van der Waals surface area contributed by atoms with Gasteiger partial charge in [0.2, 0.25) is 0 Å². The highest BCUT2D eigenvalue weighted by Crippen LogP contribution is 2.32. The molecule has 0 radical (unpaired) electrons. The van der Waals surface area contributed by atoms with Crippen molar-refractivity contribution in [2.45, 2.75) is 159 Å². The molecule has 14 unspecified atom stereocenters. The summed E-state index contributed by atoms with van der Waals surface area (Å²) in [6.45, 7) is 7.75. The van der Waals surface area contributed by atoms with Crippen LogP contribution in [-0.4, -0.2) is 110 Å². The number of hydrogen-bond acceptors (Lipinski definition) is 11. The molecule has 2 saturated heterocycles. The highest BCUT2D eigenvalue weighted by atomic mass is 16.6. The van der Waals surface area contributed by atoms with Crippen molar-refractivity contribution in [1.29, 1.82) is 0 Å². The number of aliphatic hydroxyl groups is 4. The summed E-state index contributed by atoms with van der Waals surface area (Å²) in [5, 5.41) is 52.4. The van der Waals surface area contributed by atoms with Crippen LogP contribution in [0.4, 0.5) is 0 Å². The molecular formula is C47H66O12. The molecule has 326 valence electrons. The van der Waals surface area contributed by atoms with Gasteiger partial charge in [0.05, 0.1) is 36.6 Å². The molecule has 0 aromatic heterocycles. The summed E-state index contributed by atoms with van der Waals surface area (Å²) < 4.78 is 24.7. The van der Waals surface area contributed by atoms with E-state index < -0.39 is 73.0 Å². The Labute approximate surface area is 349 Å². The topological polar surface area (TPSA) is 189 Å². The number of unbranched alkanes of at least 4 members (excludes halogenated alkanes) is 1. The first-order valence-electron chi connectivity index (χ1n) is 21.2. The molecule has 12 heteroatoms. The number of aliphatic hydroxyl groups excluding tert-OH is 4. The largest absolute Gasteiger partial charge is 0.481 e. The number of ketones is 1. The third-order valence-electron chi connectivity index (χ3n) is 11.5. The fourth-order valence-corrected chi connectivity index (χ4v) is 7.79. The second kappa shape index (κ2) is 24.5. The Hall–Kier alpha value is -3.75.